The summed E-state index contributed by atoms with van der Waals surface area (Å²) in [5, 5.41) is 29.2. The molecule has 0 amide bonds. The van der Waals surface area contributed by atoms with Crippen LogP contribution in [0.3, 0.4) is 0 Å². The highest BCUT2D eigenvalue weighted by molar-refractivity contribution is 6.40. The maximum Gasteiger partial charge on any atom is 0.145 e. The van der Waals surface area contributed by atoms with Crippen LogP contribution in [-0.2, 0) is 0 Å². The van der Waals surface area contributed by atoms with E-state index in [0.717, 1.165) is 110 Å². The third kappa shape index (κ3) is 6.08. The van der Waals surface area contributed by atoms with Gasteiger partial charge in [-0.3, -0.25) is 0 Å². The van der Waals surface area contributed by atoms with Crippen LogP contribution in [-0.4, -0.2) is 17.6 Å². The minimum Gasteiger partial charge on any atom is -0.456 e. The zero-order valence-corrected chi connectivity index (χ0v) is 58.4. The first-order valence-electron chi connectivity index (χ1n) is 37.1. The van der Waals surface area contributed by atoms with E-state index in [0.29, 0.717) is 0 Å². The van der Waals surface area contributed by atoms with Crippen molar-refractivity contribution in [2.75, 3.05) is 0 Å². The number of hydrogen-bond acceptors (Lipinski definition) is 4. The van der Waals surface area contributed by atoms with E-state index in [-0.39, 0.29) is 23.7 Å². The summed E-state index contributed by atoms with van der Waals surface area (Å²) in [6.07, 6.45) is 0. The summed E-state index contributed by atoms with van der Waals surface area (Å²) in [6.45, 7) is 19.2. The zero-order chi connectivity index (χ0) is 68.4. The molecule has 0 spiro atoms. The highest BCUT2D eigenvalue weighted by Crippen LogP contribution is 2.58. The van der Waals surface area contributed by atoms with Crippen molar-refractivity contribution in [1.82, 2.24) is 17.6 Å². The number of rotatable bonds is 5. The molecule has 0 fully saturated rings. The molecule has 26 aromatic rings. The molecule has 0 bridgehead atoms. The van der Waals surface area contributed by atoms with E-state index in [9.17, 15) is 0 Å². The molecule has 26 rings (SSSR count). The molecule has 8 nitrogen and oxygen atoms in total. The second kappa shape index (κ2) is 18.2. The van der Waals surface area contributed by atoms with E-state index in [1.54, 1.807) is 0 Å². The van der Waals surface area contributed by atoms with Gasteiger partial charge in [-0.05, 0) is 106 Å². The van der Waals surface area contributed by atoms with Gasteiger partial charge in [-0.2, -0.15) is 0 Å². The molecular formula is C96H62N4O4. The van der Waals surface area contributed by atoms with E-state index < -0.39 is 0 Å². The lowest BCUT2D eigenvalue weighted by Crippen LogP contribution is -2.00. The van der Waals surface area contributed by atoms with Gasteiger partial charge in [0.25, 0.3) is 0 Å². The van der Waals surface area contributed by atoms with Crippen LogP contribution >= 0.6 is 0 Å². The van der Waals surface area contributed by atoms with Crippen LogP contribution < -0.4 is 0 Å². The molecule has 0 radical (unpaired) electrons. The molecule has 8 heteroatoms. The summed E-state index contributed by atoms with van der Waals surface area (Å²) in [5.74, 6) is 0.708. The lowest BCUT2D eigenvalue weighted by molar-refractivity contribution is 0.669. The van der Waals surface area contributed by atoms with E-state index in [2.05, 4.69) is 279 Å². The van der Waals surface area contributed by atoms with Gasteiger partial charge in [0.15, 0.2) is 0 Å². The lowest BCUT2D eigenvalue weighted by atomic mass is 9.86. The van der Waals surface area contributed by atoms with Crippen LogP contribution in [0.4, 0.5) is 0 Å². The number of aromatic nitrogens is 4. The van der Waals surface area contributed by atoms with Crippen LogP contribution in [0.5, 0.6) is 0 Å². The fraction of sp³-hybridized carbons (Fsp3) is 0.125. The van der Waals surface area contributed by atoms with Crippen LogP contribution in [0.25, 0.3) is 251 Å². The number of nitrogens with zero attached hydrogens (tertiary/aromatic N) is 4. The van der Waals surface area contributed by atoms with Crippen molar-refractivity contribution in [3.05, 3.63) is 229 Å². The predicted octanol–water partition coefficient (Wildman–Crippen LogP) is 28.0. The second-order valence-electron chi connectivity index (χ2n) is 31.5. The van der Waals surface area contributed by atoms with Crippen molar-refractivity contribution in [3.8, 4) is 11.1 Å². The monoisotopic (exact) mass is 1330 g/mol. The largest absolute Gasteiger partial charge is 0.456 e. The van der Waals surface area contributed by atoms with Crippen molar-refractivity contribution >= 4 is 240 Å². The fourth-order valence-electron chi connectivity index (χ4n) is 21.3. The molecule has 0 unspecified atom stereocenters. The average molecular weight is 1340 g/mol. The van der Waals surface area contributed by atoms with Crippen molar-refractivity contribution in [3.63, 3.8) is 0 Å². The molecule has 0 saturated heterocycles. The molecule has 490 valence electrons. The Balaban J connectivity index is 0.732. The standard InChI is InChI=1S/C96H62N4O4/c1-43(2)75-81-57-31-18-27-51-59-38-63-74(42-69(59)100(87(51)57)91(81)76(44(3)4)80-56-30-17-26-50-58-37-60-47-21-11-15-34-70(47)101-73(60)41-68(58)99(86(50)56)90(75)80)102-72-36-20-25-49(79(63)72)52-28-19-29-53-62-40-65-83-78(46(7)8)92-82(77(45(5)6)93(83)98-67-33-14-10-24-55(67)85(89(65)98)96(62)104-94(52)53)64-39-61-48-22-12-16-35-71(48)103-95(61)84-54-23-9-13-32-66(54)97(92)88(64)84/h9-46H,1-8H3. The number of fused-ring (bicyclic) bond motifs is 38. The highest BCUT2D eigenvalue weighted by atomic mass is 16.3. The molecular weight excluding hydrogens is 1270 g/mol. The first-order chi connectivity index (χ1) is 51.0. The van der Waals surface area contributed by atoms with Gasteiger partial charge in [0, 0.05) is 136 Å². The second-order valence-corrected chi connectivity index (χ2v) is 31.5. The normalized spacial score (nSPS) is 13.5. The molecule has 12 heterocycles. The van der Waals surface area contributed by atoms with Crippen LogP contribution in [0.1, 0.15) is 101 Å². The fourth-order valence-corrected chi connectivity index (χ4v) is 21.3. The Morgan fingerprint density at radius 2 is 0.577 bits per heavy atom. The van der Waals surface area contributed by atoms with Gasteiger partial charge in [-0.1, -0.05) is 195 Å². The summed E-state index contributed by atoms with van der Waals surface area (Å²) in [4.78, 5) is 0. The molecule has 104 heavy (non-hydrogen) atoms. The average Bonchev–Trinajstić information content (AvgIpc) is 1.46. The number of para-hydroxylation sites is 7. The number of benzene rings is 14. The van der Waals surface area contributed by atoms with Crippen LogP contribution in [0, 0.1) is 0 Å². The summed E-state index contributed by atoms with van der Waals surface area (Å²) < 4.78 is 39.0. The Morgan fingerprint density at radius 1 is 0.202 bits per heavy atom. The summed E-state index contributed by atoms with van der Waals surface area (Å²) >= 11 is 0. The maximum atomic E-state index is 7.71. The zero-order valence-electron chi connectivity index (χ0n) is 58.4. The quantitative estimate of drug-likeness (QED) is 0.172. The van der Waals surface area contributed by atoms with E-state index in [1.807, 2.05) is 0 Å². The molecule has 0 aliphatic carbocycles. The third-order valence-electron chi connectivity index (χ3n) is 25.0. The van der Waals surface area contributed by atoms with Gasteiger partial charge in [-0.25, -0.2) is 0 Å². The van der Waals surface area contributed by atoms with Crippen molar-refractivity contribution in [2.45, 2.75) is 79.1 Å². The summed E-state index contributed by atoms with van der Waals surface area (Å²) in [7, 11) is 0. The first kappa shape index (κ1) is 55.2. The van der Waals surface area contributed by atoms with Crippen LogP contribution in [0.15, 0.2) is 224 Å². The predicted molar refractivity (Wildman–Crippen MR) is 436 cm³/mol. The van der Waals surface area contributed by atoms with Gasteiger partial charge < -0.3 is 35.3 Å². The maximum absolute atomic E-state index is 7.71. The molecule has 12 aromatic heterocycles. The minimum atomic E-state index is 0.158. The summed E-state index contributed by atoms with van der Waals surface area (Å²) in [5.41, 5.74) is 29.7. The molecule has 0 N–H and O–H groups in total. The Labute approximate surface area is 590 Å². The van der Waals surface area contributed by atoms with Crippen LogP contribution in [0.2, 0.25) is 0 Å². The Kier molecular flexibility index (Phi) is 9.66. The molecule has 0 atom stereocenters. The summed E-state index contributed by atoms with van der Waals surface area (Å²) in [6, 6.07) is 76.9. The Bertz CT molecular complexity index is 8490. The molecule has 0 aliphatic heterocycles. The smallest absolute Gasteiger partial charge is 0.145 e. The Hall–Kier alpha value is -12.5. The number of furan rings is 4. The van der Waals surface area contributed by atoms with Gasteiger partial charge in [-0.15, -0.1) is 0 Å². The molecule has 0 saturated carbocycles. The molecule has 14 aromatic carbocycles. The van der Waals surface area contributed by atoms with E-state index in [1.165, 1.54) is 164 Å². The SMILES string of the molecule is CC(C)c1c2c3cccc4c5cc6c(cc5n(c2c(C(C)C)c2c5cccc7c8cc9c(cc8n(c12)c75)oc1ccccc19)c43)oc1cccc(-c2cccc3c2oc2c3cc3c4c(C(C)C)c5c(c(C(C)C)c4n4c7ccccc7c2c34)c2cc3c4ccccc4oc3c3c4ccccc4n5c23)c16. The third-order valence-corrected chi connectivity index (χ3v) is 25.0. The van der Waals surface area contributed by atoms with Crippen molar-refractivity contribution < 1.29 is 17.7 Å². The lowest BCUT2D eigenvalue weighted by Gasteiger charge is -2.19. The van der Waals surface area contributed by atoms with Gasteiger partial charge in [0.05, 0.1) is 77.0 Å². The van der Waals surface area contributed by atoms with Crippen molar-refractivity contribution in [2.24, 2.45) is 0 Å². The minimum absolute atomic E-state index is 0.158. The topological polar surface area (TPSA) is 70.2 Å². The van der Waals surface area contributed by atoms with E-state index >= 15 is 0 Å². The van der Waals surface area contributed by atoms with E-state index in [4.69, 9.17) is 17.7 Å². The number of hydrogen-bond donors (Lipinski definition) is 0. The van der Waals surface area contributed by atoms with Gasteiger partial charge in [0.1, 0.15) is 44.7 Å². The first-order valence-corrected chi connectivity index (χ1v) is 37.1. The molecule has 0 aliphatic rings. The van der Waals surface area contributed by atoms with Gasteiger partial charge in [0.2, 0.25) is 0 Å². The Morgan fingerprint density at radius 3 is 1.13 bits per heavy atom. The highest BCUT2D eigenvalue weighted by Gasteiger charge is 2.36. The van der Waals surface area contributed by atoms with Crippen molar-refractivity contribution in [1.29, 1.82) is 0 Å². The van der Waals surface area contributed by atoms with Gasteiger partial charge >= 0.3 is 0 Å².